The monoisotopic (exact) mass is 719 g/mol. The van der Waals surface area contributed by atoms with Crippen LogP contribution in [0.2, 0.25) is 0 Å². The van der Waals surface area contributed by atoms with Crippen LogP contribution in [0.15, 0.2) is 71.3 Å². The highest BCUT2D eigenvalue weighted by Crippen LogP contribution is 2.36. The van der Waals surface area contributed by atoms with Crippen LogP contribution in [0, 0.1) is 27.7 Å². The fourth-order valence-corrected chi connectivity index (χ4v) is 7.76. The molecule has 2 N–H and O–H groups in total. The minimum absolute atomic E-state index is 0.528. The highest BCUT2D eigenvalue weighted by atomic mass is 15.3. The molecule has 11 nitrogen and oxygen atoms in total. The average Bonchev–Trinajstić information content (AvgIpc) is 3.89. The van der Waals surface area contributed by atoms with Crippen LogP contribution in [0.25, 0.3) is 50.1 Å². The van der Waals surface area contributed by atoms with Crippen LogP contribution < -0.4 is 5.73 Å². The molecule has 5 heterocycles. The van der Waals surface area contributed by atoms with Gasteiger partial charge in [-0.05, 0) is 102 Å². The molecule has 7 rings (SSSR count). The molecule has 0 saturated heterocycles. The summed E-state index contributed by atoms with van der Waals surface area (Å²) in [5.41, 5.74) is 19.2. The van der Waals surface area contributed by atoms with Crippen molar-refractivity contribution in [2.24, 2.45) is 15.7 Å². The molecule has 2 aromatic carbocycles. The summed E-state index contributed by atoms with van der Waals surface area (Å²) < 4.78 is 8.49. The van der Waals surface area contributed by atoms with Crippen LogP contribution in [0.4, 0.5) is 5.82 Å². The van der Waals surface area contributed by atoms with Crippen LogP contribution >= 0.6 is 0 Å². The number of rotatable bonds is 13. The van der Waals surface area contributed by atoms with E-state index in [1.807, 2.05) is 41.7 Å². The number of hydrogen-bond donors (Lipinski definition) is 1. The maximum atomic E-state index is 6.19. The van der Waals surface area contributed by atoms with Crippen LogP contribution in [-0.2, 0) is 39.1 Å². The Hall–Kier alpha value is -6.10. The lowest BCUT2D eigenvalue weighted by molar-refractivity contribution is 0.619. The van der Waals surface area contributed by atoms with Crippen molar-refractivity contribution in [1.82, 2.24) is 38.7 Å². The van der Waals surface area contributed by atoms with E-state index in [2.05, 4.69) is 115 Å². The second-order valence-corrected chi connectivity index (χ2v) is 14.0. The summed E-state index contributed by atoms with van der Waals surface area (Å²) in [6.07, 6.45) is 9.19. The molecule has 0 atom stereocenters. The number of nitrogens with two attached hydrogens (primary N) is 1. The Labute approximate surface area is 316 Å². The number of hydrogen-bond acceptors (Lipinski definition) is 7. The topological polar surface area (TPSA) is 122 Å². The van der Waals surface area contributed by atoms with E-state index < -0.39 is 0 Å². The van der Waals surface area contributed by atoms with Gasteiger partial charge in [0.1, 0.15) is 17.2 Å². The molecule has 5 aromatic heterocycles. The lowest BCUT2D eigenvalue weighted by Crippen LogP contribution is -2.04. The Morgan fingerprint density at radius 3 is 2.26 bits per heavy atom. The number of aliphatic imine (C=N–C) groups is 2. The molecule has 0 fully saturated rings. The Morgan fingerprint density at radius 2 is 1.56 bits per heavy atom. The van der Waals surface area contributed by atoms with Gasteiger partial charge >= 0.3 is 0 Å². The molecule has 0 bridgehead atoms. The second-order valence-electron chi connectivity index (χ2n) is 14.0. The van der Waals surface area contributed by atoms with Crippen LogP contribution in [0.5, 0.6) is 0 Å². The van der Waals surface area contributed by atoms with Crippen molar-refractivity contribution in [3.05, 3.63) is 106 Å². The van der Waals surface area contributed by atoms with Gasteiger partial charge in [-0.15, -0.1) is 0 Å². The van der Waals surface area contributed by atoms with E-state index in [0.717, 1.165) is 97.6 Å². The first-order chi connectivity index (χ1) is 26.1. The number of allylic oxidation sites excluding steroid dienone is 2. The zero-order valence-corrected chi connectivity index (χ0v) is 32.5. The third-order valence-electron chi connectivity index (χ3n) is 10.1. The SMILES string of the molecule is C=Nc1c(C=NCc2cc(C)nn2CC)c2cc(C)cc(CC)c2n1C/C=C/Cn1c2nc(-c3cc(C)nn3CC)ncc2c2cc(C(=C)N)cc(C)c21. The number of nitrogens with zero attached hydrogens (tertiary/aromatic N) is 10. The third kappa shape index (κ3) is 6.44. The van der Waals surface area contributed by atoms with Gasteiger partial charge in [0.15, 0.2) is 5.82 Å². The maximum absolute atomic E-state index is 6.19. The highest BCUT2D eigenvalue weighted by Gasteiger charge is 2.20. The molecule has 0 saturated carbocycles. The van der Waals surface area contributed by atoms with E-state index in [1.54, 1.807) is 0 Å². The lowest BCUT2D eigenvalue weighted by Gasteiger charge is -2.10. The van der Waals surface area contributed by atoms with Crippen molar-refractivity contribution in [3.63, 3.8) is 0 Å². The molecule has 0 unspecified atom stereocenters. The van der Waals surface area contributed by atoms with Gasteiger partial charge in [-0.3, -0.25) is 14.4 Å². The number of benzene rings is 2. The third-order valence-corrected chi connectivity index (χ3v) is 10.1. The minimum Gasteiger partial charge on any atom is -0.399 e. The van der Waals surface area contributed by atoms with Gasteiger partial charge in [0.2, 0.25) is 0 Å². The van der Waals surface area contributed by atoms with E-state index in [4.69, 9.17) is 20.7 Å². The normalized spacial score (nSPS) is 12.1. The number of fused-ring (bicyclic) bond motifs is 4. The maximum Gasteiger partial charge on any atom is 0.179 e. The summed E-state index contributed by atoms with van der Waals surface area (Å²) in [7, 11) is 0. The van der Waals surface area contributed by atoms with E-state index in [1.165, 1.54) is 11.1 Å². The fraction of sp³-hybridized carbons (Fsp3) is 0.302. The molecule has 0 amide bonds. The smallest absolute Gasteiger partial charge is 0.179 e. The summed E-state index contributed by atoms with van der Waals surface area (Å²) in [5, 5.41) is 12.4. The van der Waals surface area contributed by atoms with Crippen molar-refractivity contribution in [2.45, 2.75) is 87.6 Å². The van der Waals surface area contributed by atoms with Gasteiger partial charge in [-0.1, -0.05) is 37.3 Å². The van der Waals surface area contributed by atoms with E-state index in [0.29, 0.717) is 31.2 Å². The van der Waals surface area contributed by atoms with Gasteiger partial charge < -0.3 is 14.9 Å². The molecule has 0 radical (unpaired) electrons. The number of aromatic nitrogens is 8. The first kappa shape index (κ1) is 36.3. The van der Waals surface area contributed by atoms with Crippen molar-refractivity contribution >= 4 is 57.3 Å². The van der Waals surface area contributed by atoms with E-state index in [-0.39, 0.29) is 0 Å². The van der Waals surface area contributed by atoms with Gasteiger partial charge in [0.25, 0.3) is 0 Å². The Kier molecular flexibility index (Phi) is 9.89. The zero-order chi connectivity index (χ0) is 38.3. The quantitative estimate of drug-likeness (QED) is 0.0945. The highest BCUT2D eigenvalue weighted by molar-refractivity contribution is 6.09. The standard InChI is InChI=1S/C43H49N11/c1-10-31-17-26(4)18-34-36(24-46-23-33-20-28(6)49-53(33)11-2)42(45-9)52(40(31)34)16-14-13-15-51-39-27(5)19-32(30(8)44)22-35(39)37-25-47-41(48-43(37)51)38-21-29(7)50-54(38)12-3/h13-14,17-22,24-25H,8-12,15-16,23,44H2,1-7H3/b14-13+,46-24?. The van der Waals surface area contributed by atoms with Gasteiger partial charge in [-0.2, -0.15) is 10.2 Å². The Balaban J connectivity index is 1.29. The van der Waals surface area contributed by atoms with Gasteiger partial charge in [-0.25, -0.2) is 15.0 Å². The van der Waals surface area contributed by atoms with Crippen LogP contribution in [-0.4, -0.2) is 51.6 Å². The van der Waals surface area contributed by atoms with E-state index >= 15 is 0 Å². The van der Waals surface area contributed by atoms with Crippen LogP contribution in [0.1, 0.15) is 65.7 Å². The van der Waals surface area contributed by atoms with Gasteiger partial charge in [0, 0.05) is 66.0 Å². The lowest BCUT2D eigenvalue weighted by atomic mass is 10.0. The minimum atomic E-state index is 0.528. The molecule has 0 spiro atoms. The summed E-state index contributed by atoms with van der Waals surface area (Å²) in [5.74, 6) is 1.45. The van der Waals surface area contributed by atoms with Crippen molar-refractivity contribution in [2.75, 3.05) is 0 Å². The van der Waals surface area contributed by atoms with Crippen molar-refractivity contribution < 1.29 is 0 Å². The molecule has 276 valence electrons. The first-order valence-electron chi connectivity index (χ1n) is 18.7. The molecular weight excluding hydrogens is 671 g/mol. The fourth-order valence-electron chi connectivity index (χ4n) is 7.76. The molecule has 0 aliphatic rings. The summed E-state index contributed by atoms with van der Waals surface area (Å²) in [4.78, 5) is 19.5. The molecule has 11 heteroatoms. The predicted molar refractivity (Wildman–Crippen MR) is 223 cm³/mol. The zero-order valence-electron chi connectivity index (χ0n) is 32.5. The second kappa shape index (κ2) is 14.7. The summed E-state index contributed by atoms with van der Waals surface area (Å²) in [6, 6.07) is 12.8. The van der Waals surface area contributed by atoms with Crippen LogP contribution in [0.3, 0.4) is 0 Å². The Morgan fingerprint density at radius 1 is 0.833 bits per heavy atom. The van der Waals surface area contributed by atoms with E-state index in [9.17, 15) is 0 Å². The average molecular weight is 720 g/mol. The molecule has 0 aliphatic carbocycles. The van der Waals surface area contributed by atoms with Crippen molar-refractivity contribution in [1.29, 1.82) is 0 Å². The predicted octanol–water partition coefficient (Wildman–Crippen LogP) is 8.57. The molecule has 54 heavy (non-hydrogen) atoms. The Bertz CT molecular complexity index is 2640. The summed E-state index contributed by atoms with van der Waals surface area (Å²) >= 11 is 0. The first-order valence-corrected chi connectivity index (χ1v) is 18.7. The molecular formula is C43H49N11. The van der Waals surface area contributed by atoms with Crippen molar-refractivity contribution in [3.8, 4) is 11.5 Å². The largest absolute Gasteiger partial charge is 0.399 e. The number of aryl methyl sites for hydroxylation is 7. The van der Waals surface area contributed by atoms with Gasteiger partial charge in [0.05, 0.1) is 34.7 Å². The molecule has 0 aliphatic heterocycles. The summed E-state index contributed by atoms with van der Waals surface area (Å²) in [6.45, 7) is 26.0. The molecule has 7 aromatic rings.